The molecule has 174 valence electrons. The number of fused-ring (bicyclic) bond motifs is 2. The van der Waals surface area contributed by atoms with Gasteiger partial charge in [0.1, 0.15) is 15.8 Å². The highest BCUT2D eigenvalue weighted by atomic mass is 32.2. The molecule has 0 radical (unpaired) electrons. The van der Waals surface area contributed by atoms with Crippen molar-refractivity contribution < 1.29 is 9.18 Å². The summed E-state index contributed by atoms with van der Waals surface area (Å²) in [5.41, 5.74) is 3.27. The number of aromatic nitrogens is 1. The lowest BCUT2D eigenvalue weighted by Crippen LogP contribution is -2.29. The molecule has 3 aromatic carbocycles. The number of hydrogen-bond donors (Lipinski definition) is 0. The lowest BCUT2D eigenvalue weighted by Gasteiger charge is -2.19. The number of aliphatic imine (C=N–C) groups is 1. The molecule has 0 spiro atoms. The molecule has 1 aromatic heterocycles. The minimum Gasteiger partial charge on any atom is -0.334 e. The SMILES string of the molecule is CCN1C(=C2SC(=Nc3ccc4sc(C)nc4c3)N(c3ccc(F)cc3)C2=O)Sc2ccccc21. The number of rotatable bonds is 3. The zero-order chi connectivity index (χ0) is 24.1. The third-order valence-electron chi connectivity index (χ3n) is 5.69. The van der Waals surface area contributed by atoms with Crippen molar-refractivity contribution in [1.29, 1.82) is 0 Å². The molecule has 0 aliphatic carbocycles. The van der Waals surface area contributed by atoms with E-state index in [2.05, 4.69) is 28.9 Å². The van der Waals surface area contributed by atoms with Crippen LogP contribution in [0.5, 0.6) is 0 Å². The molecule has 1 fully saturated rings. The van der Waals surface area contributed by atoms with E-state index >= 15 is 0 Å². The predicted molar refractivity (Wildman–Crippen MR) is 145 cm³/mol. The van der Waals surface area contributed by atoms with Crippen LogP contribution >= 0.6 is 34.9 Å². The van der Waals surface area contributed by atoms with Crippen molar-refractivity contribution in [3.63, 3.8) is 0 Å². The topological polar surface area (TPSA) is 48.8 Å². The Morgan fingerprint density at radius 1 is 1.03 bits per heavy atom. The summed E-state index contributed by atoms with van der Waals surface area (Å²) in [5, 5.41) is 2.42. The Labute approximate surface area is 214 Å². The van der Waals surface area contributed by atoms with Gasteiger partial charge in [0, 0.05) is 11.4 Å². The number of hydrogen-bond acceptors (Lipinski definition) is 7. The molecule has 6 rings (SSSR count). The van der Waals surface area contributed by atoms with E-state index in [0.717, 1.165) is 37.4 Å². The summed E-state index contributed by atoms with van der Waals surface area (Å²) in [4.78, 5) is 28.7. The average molecular weight is 519 g/mol. The first-order valence-electron chi connectivity index (χ1n) is 11.0. The maximum absolute atomic E-state index is 13.8. The molecule has 0 atom stereocenters. The van der Waals surface area contributed by atoms with Gasteiger partial charge in [-0.25, -0.2) is 14.4 Å². The van der Waals surface area contributed by atoms with Gasteiger partial charge in [-0.05, 0) is 80.2 Å². The zero-order valence-corrected chi connectivity index (χ0v) is 21.3. The Bertz CT molecular complexity index is 1540. The minimum atomic E-state index is -0.353. The van der Waals surface area contributed by atoms with Crippen LogP contribution in [0.15, 0.2) is 86.6 Å². The van der Waals surface area contributed by atoms with Crippen LogP contribution in [0.1, 0.15) is 11.9 Å². The van der Waals surface area contributed by atoms with Gasteiger partial charge < -0.3 is 4.90 Å². The molecule has 0 unspecified atom stereocenters. The molecule has 35 heavy (non-hydrogen) atoms. The van der Waals surface area contributed by atoms with Gasteiger partial charge in [0.05, 0.1) is 32.3 Å². The second-order valence-electron chi connectivity index (χ2n) is 7.95. The van der Waals surface area contributed by atoms with Crippen LogP contribution in [0, 0.1) is 12.7 Å². The van der Waals surface area contributed by atoms with E-state index in [9.17, 15) is 9.18 Å². The molecular weight excluding hydrogens is 500 g/mol. The van der Waals surface area contributed by atoms with E-state index in [0.29, 0.717) is 21.4 Å². The number of halogens is 1. The van der Waals surface area contributed by atoms with E-state index in [1.807, 2.05) is 37.3 Å². The van der Waals surface area contributed by atoms with Crippen molar-refractivity contribution in [3.05, 3.63) is 87.5 Å². The molecule has 0 N–H and O–H groups in total. The molecule has 2 aliphatic heterocycles. The molecule has 0 saturated carbocycles. The fourth-order valence-corrected chi connectivity index (χ4v) is 7.33. The van der Waals surface area contributed by atoms with Crippen LogP contribution in [0.2, 0.25) is 0 Å². The number of amidine groups is 1. The highest BCUT2D eigenvalue weighted by Gasteiger charge is 2.40. The normalized spacial score (nSPS) is 18.8. The lowest BCUT2D eigenvalue weighted by atomic mass is 10.2. The number of thiazole rings is 1. The van der Waals surface area contributed by atoms with Gasteiger partial charge in [0.25, 0.3) is 5.91 Å². The highest BCUT2D eigenvalue weighted by Crippen LogP contribution is 2.51. The molecule has 1 amide bonds. The van der Waals surface area contributed by atoms with Crippen LogP contribution < -0.4 is 9.80 Å². The lowest BCUT2D eigenvalue weighted by molar-refractivity contribution is -0.113. The number of thioether (sulfide) groups is 2. The van der Waals surface area contributed by atoms with Crippen molar-refractivity contribution in [3.8, 4) is 0 Å². The Hall–Kier alpha value is -3.14. The number of amides is 1. The molecule has 1 saturated heterocycles. The number of nitrogens with zero attached hydrogens (tertiary/aromatic N) is 4. The Balaban J connectivity index is 1.47. The van der Waals surface area contributed by atoms with E-state index in [4.69, 9.17) is 4.99 Å². The van der Waals surface area contributed by atoms with Crippen molar-refractivity contribution >= 4 is 73.2 Å². The summed E-state index contributed by atoms with van der Waals surface area (Å²) in [7, 11) is 0. The molecule has 0 bridgehead atoms. The largest absolute Gasteiger partial charge is 0.334 e. The van der Waals surface area contributed by atoms with Crippen LogP contribution in [-0.4, -0.2) is 22.6 Å². The maximum atomic E-state index is 13.8. The standard InChI is InChI=1S/C26H19FN4OS3/c1-3-30-20-6-4-5-7-22(20)34-25(30)23-24(32)31(18-11-8-16(27)9-12-18)26(35-23)29-17-10-13-21-19(14-17)28-15(2)33-21/h4-14H,3H2,1-2H3. The van der Waals surface area contributed by atoms with E-state index < -0.39 is 0 Å². The average Bonchev–Trinajstić information content (AvgIpc) is 3.51. The fraction of sp³-hybridized carbons (Fsp3) is 0.115. The van der Waals surface area contributed by atoms with Crippen molar-refractivity contribution in [2.45, 2.75) is 18.7 Å². The van der Waals surface area contributed by atoms with Crippen molar-refractivity contribution in [2.24, 2.45) is 4.99 Å². The summed E-state index contributed by atoms with van der Waals surface area (Å²) < 4.78 is 14.8. The summed E-state index contributed by atoms with van der Waals surface area (Å²) in [6.07, 6.45) is 0. The molecule has 9 heteroatoms. The molecule has 2 aliphatic rings. The minimum absolute atomic E-state index is 0.167. The van der Waals surface area contributed by atoms with Gasteiger partial charge in [-0.2, -0.15) is 0 Å². The number of carbonyl (C=O) groups excluding carboxylic acids is 1. The summed E-state index contributed by atoms with van der Waals surface area (Å²) in [5.74, 6) is -0.520. The highest BCUT2D eigenvalue weighted by molar-refractivity contribution is 8.20. The second-order valence-corrected chi connectivity index (χ2v) is 11.2. The fourth-order valence-electron chi connectivity index (χ4n) is 4.12. The van der Waals surface area contributed by atoms with Gasteiger partial charge in [-0.1, -0.05) is 23.9 Å². The van der Waals surface area contributed by atoms with E-state index in [-0.39, 0.29) is 11.7 Å². The van der Waals surface area contributed by atoms with Crippen molar-refractivity contribution in [2.75, 3.05) is 16.3 Å². The first-order valence-corrected chi connectivity index (χ1v) is 13.5. The number of aryl methyl sites for hydroxylation is 1. The van der Waals surface area contributed by atoms with Crippen molar-refractivity contribution in [1.82, 2.24) is 4.98 Å². The summed E-state index contributed by atoms with van der Waals surface area (Å²) in [6.45, 7) is 4.79. The third-order valence-corrected chi connectivity index (χ3v) is 8.98. The predicted octanol–water partition coefficient (Wildman–Crippen LogP) is 7.31. The van der Waals surface area contributed by atoms with Crippen LogP contribution in [0.25, 0.3) is 10.2 Å². The molecular formula is C26H19FN4OS3. The molecule has 5 nitrogen and oxygen atoms in total. The first-order chi connectivity index (χ1) is 17.0. The first kappa shape index (κ1) is 22.3. The number of para-hydroxylation sites is 1. The summed E-state index contributed by atoms with van der Waals surface area (Å²) >= 11 is 4.58. The Morgan fingerprint density at radius 3 is 2.63 bits per heavy atom. The summed E-state index contributed by atoms with van der Waals surface area (Å²) in [6, 6.07) is 20.0. The van der Waals surface area contributed by atoms with Crippen LogP contribution in [-0.2, 0) is 4.79 Å². The van der Waals surface area contributed by atoms with Gasteiger partial charge in [-0.3, -0.25) is 9.69 Å². The van der Waals surface area contributed by atoms with E-state index in [1.54, 1.807) is 40.1 Å². The monoisotopic (exact) mass is 518 g/mol. The van der Waals surface area contributed by atoms with Gasteiger partial charge in [-0.15, -0.1) is 11.3 Å². The van der Waals surface area contributed by atoms with Crippen LogP contribution in [0.4, 0.5) is 21.5 Å². The number of carbonyl (C=O) groups is 1. The van der Waals surface area contributed by atoms with Gasteiger partial charge >= 0.3 is 0 Å². The molecule has 4 aromatic rings. The number of benzene rings is 3. The van der Waals surface area contributed by atoms with Gasteiger partial charge in [0.15, 0.2) is 5.17 Å². The maximum Gasteiger partial charge on any atom is 0.274 e. The van der Waals surface area contributed by atoms with Gasteiger partial charge in [0.2, 0.25) is 0 Å². The van der Waals surface area contributed by atoms with Crippen LogP contribution in [0.3, 0.4) is 0 Å². The second kappa shape index (κ2) is 8.82. The third kappa shape index (κ3) is 3.93. The Kier molecular flexibility index (Phi) is 5.63. The van der Waals surface area contributed by atoms with E-state index in [1.165, 1.54) is 23.9 Å². The quantitative estimate of drug-likeness (QED) is 0.266. The Morgan fingerprint density at radius 2 is 1.83 bits per heavy atom. The zero-order valence-electron chi connectivity index (χ0n) is 18.9. The smallest absolute Gasteiger partial charge is 0.274 e. The number of anilines is 2. The molecule has 3 heterocycles.